The summed E-state index contributed by atoms with van der Waals surface area (Å²) < 4.78 is 0. The van der Waals surface area contributed by atoms with Crippen LogP contribution in [0.4, 0.5) is 17.1 Å². The number of para-hydroxylation sites is 3. The summed E-state index contributed by atoms with van der Waals surface area (Å²) in [4.78, 5) is 4.71. The fourth-order valence-corrected chi connectivity index (χ4v) is 3.92. The zero-order valence-corrected chi connectivity index (χ0v) is 14.2. The van der Waals surface area contributed by atoms with Gasteiger partial charge in [-0.2, -0.15) is 0 Å². The maximum Gasteiger partial charge on any atom is 0.164 e. The molecule has 0 aliphatic carbocycles. The number of fused-ring (bicyclic) bond motifs is 1. The molecule has 0 spiro atoms. The highest BCUT2D eigenvalue weighted by Crippen LogP contribution is 2.40. The molecule has 0 saturated heterocycles. The van der Waals surface area contributed by atoms with Crippen molar-refractivity contribution in [3.63, 3.8) is 0 Å². The molecule has 23 heavy (non-hydrogen) atoms. The van der Waals surface area contributed by atoms with Crippen LogP contribution in [0.5, 0.6) is 0 Å². The van der Waals surface area contributed by atoms with Crippen molar-refractivity contribution in [1.82, 2.24) is 0 Å². The predicted molar refractivity (Wildman–Crippen MR) is 100 cm³/mol. The standard InChI is InChI=1S/C20H17BrN2/c21-20-22(17-10-3-1-4-11-17)15-16-9-7-8-14-19(16)23(20)18-12-5-2-6-13-18/h1-14,20H,15H2. The first-order valence-electron chi connectivity index (χ1n) is 7.72. The quantitative estimate of drug-likeness (QED) is 0.436. The minimum Gasteiger partial charge on any atom is -0.337 e. The van der Waals surface area contributed by atoms with Crippen LogP contribution < -0.4 is 9.80 Å². The molecule has 114 valence electrons. The van der Waals surface area contributed by atoms with Gasteiger partial charge in [-0.1, -0.05) is 54.6 Å². The van der Waals surface area contributed by atoms with Crippen molar-refractivity contribution in [2.24, 2.45) is 0 Å². The van der Waals surface area contributed by atoms with Crippen LogP contribution in [0.25, 0.3) is 0 Å². The molecule has 1 heterocycles. The summed E-state index contributed by atoms with van der Waals surface area (Å²) in [7, 11) is 0. The van der Waals surface area contributed by atoms with E-state index in [1.807, 2.05) is 0 Å². The van der Waals surface area contributed by atoms with E-state index in [2.05, 4.69) is 111 Å². The molecule has 2 nitrogen and oxygen atoms in total. The summed E-state index contributed by atoms with van der Waals surface area (Å²) in [5.74, 6) is 0. The van der Waals surface area contributed by atoms with Crippen molar-refractivity contribution in [2.75, 3.05) is 9.80 Å². The van der Waals surface area contributed by atoms with Crippen LogP contribution in [0.15, 0.2) is 84.9 Å². The molecule has 0 bridgehead atoms. The minimum atomic E-state index is 0.0715. The van der Waals surface area contributed by atoms with Gasteiger partial charge in [0.05, 0.1) is 0 Å². The van der Waals surface area contributed by atoms with Gasteiger partial charge in [-0.25, -0.2) is 0 Å². The van der Waals surface area contributed by atoms with Gasteiger partial charge in [0.25, 0.3) is 0 Å². The Balaban J connectivity index is 1.83. The lowest BCUT2D eigenvalue weighted by molar-refractivity contribution is 0.722. The van der Waals surface area contributed by atoms with Crippen molar-refractivity contribution in [2.45, 2.75) is 11.6 Å². The minimum absolute atomic E-state index is 0.0715. The van der Waals surface area contributed by atoms with Gasteiger partial charge in [0.2, 0.25) is 0 Å². The molecule has 1 aliphatic heterocycles. The van der Waals surface area contributed by atoms with E-state index in [1.165, 1.54) is 22.6 Å². The van der Waals surface area contributed by atoms with E-state index in [4.69, 9.17) is 0 Å². The summed E-state index contributed by atoms with van der Waals surface area (Å²) in [6, 6.07) is 29.7. The van der Waals surface area contributed by atoms with Crippen LogP contribution in [0.1, 0.15) is 5.56 Å². The second-order valence-corrected chi connectivity index (χ2v) is 6.43. The molecular weight excluding hydrogens is 348 g/mol. The summed E-state index contributed by atoms with van der Waals surface area (Å²) >= 11 is 3.92. The van der Waals surface area contributed by atoms with Crippen molar-refractivity contribution in [3.05, 3.63) is 90.5 Å². The molecule has 1 unspecified atom stereocenters. The normalized spacial score (nSPS) is 17.0. The Labute approximate surface area is 145 Å². The second kappa shape index (κ2) is 6.09. The number of anilines is 3. The molecule has 0 fully saturated rings. The third kappa shape index (κ3) is 2.62. The summed E-state index contributed by atoms with van der Waals surface area (Å²) in [5.41, 5.74) is 4.98. The summed E-state index contributed by atoms with van der Waals surface area (Å²) in [6.07, 6.45) is 0. The lowest BCUT2D eigenvalue weighted by Crippen LogP contribution is -2.46. The Hall–Kier alpha value is -2.26. The Bertz CT molecular complexity index is 789. The maximum atomic E-state index is 3.92. The van der Waals surface area contributed by atoms with Crippen molar-refractivity contribution < 1.29 is 0 Å². The maximum absolute atomic E-state index is 3.92. The number of hydrogen-bond acceptors (Lipinski definition) is 2. The molecule has 0 aromatic heterocycles. The molecule has 4 rings (SSSR count). The van der Waals surface area contributed by atoms with E-state index in [-0.39, 0.29) is 5.08 Å². The van der Waals surface area contributed by atoms with Crippen molar-refractivity contribution >= 4 is 33.0 Å². The fraction of sp³-hybridized carbons (Fsp3) is 0.100. The molecule has 0 radical (unpaired) electrons. The SMILES string of the molecule is BrC1N(c2ccccc2)Cc2ccccc2N1c1ccccc1. The summed E-state index contributed by atoms with van der Waals surface area (Å²) in [6.45, 7) is 0.888. The van der Waals surface area contributed by atoms with Crippen LogP contribution in [0.3, 0.4) is 0 Å². The number of nitrogens with zero attached hydrogens (tertiary/aromatic N) is 2. The first-order valence-corrected chi connectivity index (χ1v) is 8.64. The highest BCUT2D eigenvalue weighted by molar-refractivity contribution is 9.09. The van der Waals surface area contributed by atoms with Gasteiger partial charge >= 0.3 is 0 Å². The van der Waals surface area contributed by atoms with Crippen LogP contribution in [0.2, 0.25) is 0 Å². The third-order valence-electron chi connectivity index (χ3n) is 4.18. The highest BCUT2D eigenvalue weighted by Gasteiger charge is 2.31. The molecule has 0 saturated carbocycles. The van der Waals surface area contributed by atoms with Crippen molar-refractivity contribution in [1.29, 1.82) is 0 Å². The van der Waals surface area contributed by atoms with Gasteiger partial charge in [-0.05, 0) is 51.8 Å². The van der Waals surface area contributed by atoms with Gasteiger partial charge in [-0.3, -0.25) is 0 Å². The van der Waals surface area contributed by atoms with Crippen LogP contribution in [0, 0.1) is 0 Å². The number of hydrogen-bond donors (Lipinski definition) is 0. The molecule has 3 aromatic rings. The molecule has 3 aromatic carbocycles. The van der Waals surface area contributed by atoms with E-state index in [0.717, 1.165) is 6.54 Å². The van der Waals surface area contributed by atoms with Gasteiger partial charge < -0.3 is 9.80 Å². The Morgan fingerprint density at radius 1 is 0.696 bits per heavy atom. The van der Waals surface area contributed by atoms with Gasteiger partial charge in [-0.15, -0.1) is 0 Å². The van der Waals surface area contributed by atoms with E-state index < -0.39 is 0 Å². The first-order chi connectivity index (χ1) is 11.3. The molecule has 3 heteroatoms. The molecule has 1 atom stereocenters. The van der Waals surface area contributed by atoms with Gasteiger partial charge in [0, 0.05) is 23.6 Å². The fourth-order valence-electron chi connectivity index (χ4n) is 3.08. The van der Waals surface area contributed by atoms with Crippen LogP contribution in [-0.4, -0.2) is 5.08 Å². The number of alkyl halides is 1. The Kier molecular flexibility index (Phi) is 3.80. The predicted octanol–water partition coefficient (Wildman–Crippen LogP) is 5.52. The Morgan fingerprint density at radius 2 is 1.26 bits per heavy atom. The first kappa shape index (κ1) is 14.3. The number of benzene rings is 3. The smallest absolute Gasteiger partial charge is 0.164 e. The lowest BCUT2D eigenvalue weighted by atomic mass is 10.1. The average Bonchev–Trinajstić information content (AvgIpc) is 2.63. The van der Waals surface area contributed by atoms with Crippen LogP contribution >= 0.6 is 15.9 Å². The Morgan fingerprint density at radius 3 is 1.96 bits per heavy atom. The van der Waals surface area contributed by atoms with Crippen molar-refractivity contribution in [3.8, 4) is 0 Å². The van der Waals surface area contributed by atoms with E-state index in [9.17, 15) is 0 Å². The number of rotatable bonds is 2. The zero-order valence-electron chi connectivity index (χ0n) is 12.6. The van der Waals surface area contributed by atoms with Gasteiger partial charge in [0.1, 0.15) is 0 Å². The number of halogens is 1. The van der Waals surface area contributed by atoms with E-state index >= 15 is 0 Å². The van der Waals surface area contributed by atoms with E-state index in [1.54, 1.807) is 0 Å². The third-order valence-corrected chi connectivity index (χ3v) is 5.09. The topological polar surface area (TPSA) is 6.48 Å². The summed E-state index contributed by atoms with van der Waals surface area (Å²) in [5, 5.41) is 0.0715. The molecular formula is C20H17BrN2. The zero-order chi connectivity index (χ0) is 15.6. The second-order valence-electron chi connectivity index (χ2n) is 5.61. The van der Waals surface area contributed by atoms with E-state index in [0.29, 0.717) is 0 Å². The van der Waals surface area contributed by atoms with Crippen LogP contribution in [-0.2, 0) is 6.54 Å². The lowest BCUT2D eigenvalue weighted by Gasteiger charge is -2.44. The molecule has 1 aliphatic rings. The molecule has 0 amide bonds. The molecule has 0 N–H and O–H groups in total. The monoisotopic (exact) mass is 364 g/mol. The average molecular weight is 365 g/mol. The van der Waals surface area contributed by atoms with Gasteiger partial charge in [0.15, 0.2) is 5.08 Å². The highest BCUT2D eigenvalue weighted by atomic mass is 79.9. The largest absolute Gasteiger partial charge is 0.337 e.